The van der Waals surface area contributed by atoms with Gasteiger partial charge >= 0.3 is 5.97 Å². The molecule has 0 aromatic heterocycles. The van der Waals surface area contributed by atoms with Gasteiger partial charge in [-0.05, 0) is 23.8 Å². The van der Waals surface area contributed by atoms with Gasteiger partial charge in [-0.25, -0.2) is 9.79 Å². The average Bonchev–Trinajstić information content (AvgIpc) is 3.03. The highest BCUT2D eigenvalue weighted by Crippen LogP contribution is 2.22. The second kappa shape index (κ2) is 7.02. The van der Waals surface area contributed by atoms with Gasteiger partial charge in [0.2, 0.25) is 5.90 Å². The Morgan fingerprint density at radius 1 is 1.17 bits per heavy atom. The van der Waals surface area contributed by atoms with Gasteiger partial charge in [-0.3, -0.25) is 0 Å². The average molecular weight is 350 g/mol. The molecule has 118 valence electrons. The van der Waals surface area contributed by atoms with E-state index < -0.39 is 12.0 Å². The molecule has 1 heterocycles. The number of hydrogen-bond donors (Lipinski definition) is 0. The molecule has 4 nitrogen and oxygen atoms in total. The molecule has 0 amide bonds. The lowest BCUT2D eigenvalue weighted by Crippen LogP contribution is -2.22. The molecule has 1 unspecified atom stereocenters. The summed E-state index contributed by atoms with van der Waals surface area (Å²) in [4.78, 5) is 16.3. The molecule has 0 bridgehead atoms. The van der Waals surface area contributed by atoms with Crippen LogP contribution in [0.25, 0.3) is 0 Å². The van der Waals surface area contributed by atoms with Crippen LogP contribution in [0, 0.1) is 0 Å². The zero-order chi connectivity index (χ0) is 16.2. The largest absolute Gasteiger partial charge is 0.475 e. The molecule has 0 aliphatic carbocycles. The van der Waals surface area contributed by atoms with Gasteiger partial charge in [-0.2, -0.15) is 0 Å². The van der Waals surface area contributed by atoms with Crippen molar-refractivity contribution in [1.82, 2.24) is 0 Å². The van der Waals surface area contributed by atoms with Gasteiger partial charge in [-0.1, -0.05) is 53.5 Å². The van der Waals surface area contributed by atoms with Crippen molar-refractivity contribution in [2.45, 2.75) is 12.6 Å². The summed E-state index contributed by atoms with van der Waals surface area (Å²) in [5.41, 5.74) is 1.56. The zero-order valence-electron chi connectivity index (χ0n) is 12.0. The van der Waals surface area contributed by atoms with E-state index in [-0.39, 0.29) is 13.2 Å². The lowest BCUT2D eigenvalue weighted by molar-refractivity contribution is -0.146. The summed E-state index contributed by atoms with van der Waals surface area (Å²) in [5, 5.41) is 0.961. The quantitative estimate of drug-likeness (QED) is 0.787. The van der Waals surface area contributed by atoms with E-state index in [1.807, 2.05) is 30.3 Å². The minimum atomic E-state index is -0.675. The minimum absolute atomic E-state index is 0.146. The predicted molar refractivity (Wildman–Crippen MR) is 89.0 cm³/mol. The van der Waals surface area contributed by atoms with Crippen LogP contribution in [0.3, 0.4) is 0 Å². The number of esters is 1. The van der Waals surface area contributed by atoms with E-state index in [1.165, 1.54) is 0 Å². The molecule has 23 heavy (non-hydrogen) atoms. The van der Waals surface area contributed by atoms with Gasteiger partial charge in [0.25, 0.3) is 0 Å². The first-order chi connectivity index (χ1) is 11.1. The van der Waals surface area contributed by atoms with Gasteiger partial charge < -0.3 is 9.47 Å². The van der Waals surface area contributed by atoms with Crippen LogP contribution in [-0.4, -0.2) is 24.5 Å². The van der Waals surface area contributed by atoms with E-state index in [4.69, 9.17) is 32.7 Å². The van der Waals surface area contributed by atoms with E-state index in [9.17, 15) is 4.79 Å². The summed E-state index contributed by atoms with van der Waals surface area (Å²) in [7, 11) is 0. The standard InChI is InChI=1S/C17H13Cl2NO3/c18-13-6-12(7-14(19)8-13)16-20-15(10-22-16)17(21)23-9-11-4-2-1-3-5-11/h1-8,15H,9-10H2. The van der Waals surface area contributed by atoms with Gasteiger partial charge in [0.1, 0.15) is 13.2 Å². The van der Waals surface area contributed by atoms with Crippen molar-refractivity contribution in [3.8, 4) is 0 Å². The Kier molecular flexibility index (Phi) is 4.84. The smallest absolute Gasteiger partial charge is 0.334 e. The Morgan fingerprint density at radius 3 is 2.57 bits per heavy atom. The monoisotopic (exact) mass is 349 g/mol. The first-order valence-corrected chi connectivity index (χ1v) is 7.75. The molecule has 3 rings (SSSR count). The molecule has 0 saturated carbocycles. The van der Waals surface area contributed by atoms with E-state index >= 15 is 0 Å². The molecule has 0 fully saturated rings. The van der Waals surface area contributed by atoms with Crippen molar-refractivity contribution < 1.29 is 14.3 Å². The van der Waals surface area contributed by atoms with E-state index in [2.05, 4.69) is 4.99 Å². The highest BCUT2D eigenvalue weighted by Gasteiger charge is 2.28. The highest BCUT2D eigenvalue weighted by atomic mass is 35.5. The number of carbonyl (C=O) groups excluding carboxylic acids is 1. The maximum atomic E-state index is 12.1. The van der Waals surface area contributed by atoms with Crippen LogP contribution in [0.15, 0.2) is 53.5 Å². The van der Waals surface area contributed by atoms with E-state index in [0.29, 0.717) is 21.5 Å². The van der Waals surface area contributed by atoms with Crippen molar-refractivity contribution in [1.29, 1.82) is 0 Å². The third-order valence-electron chi connectivity index (χ3n) is 3.26. The van der Waals surface area contributed by atoms with E-state index in [1.54, 1.807) is 18.2 Å². The van der Waals surface area contributed by atoms with Crippen LogP contribution in [0.2, 0.25) is 10.0 Å². The maximum Gasteiger partial charge on any atom is 0.334 e. The Balaban J connectivity index is 1.65. The number of ether oxygens (including phenoxy) is 2. The second-order valence-corrected chi connectivity index (χ2v) is 5.89. The van der Waals surface area contributed by atoms with Crippen molar-refractivity contribution in [2.75, 3.05) is 6.61 Å². The summed E-state index contributed by atoms with van der Waals surface area (Å²) in [6.45, 7) is 0.358. The molecule has 2 aromatic carbocycles. The van der Waals surface area contributed by atoms with Gasteiger partial charge in [-0.15, -0.1) is 0 Å². The number of aliphatic imine (C=N–C) groups is 1. The number of benzene rings is 2. The third-order valence-corrected chi connectivity index (χ3v) is 3.69. The molecule has 1 atom stereocenters. The van der Waals surface area contributed by atoms with E-state index in [0.717, 1.165) is 5.56 Å². The number of hydrogen-bond acceptors (Lipinski definition) is 4. The molecule has 0 spiro atoms. The Labute approximate surface area is 143 Å². The predicted octanol–water partition coefficient (Wildman–Crippen LogP) is 3.88. The molecule has 1 aliphatic rings. The zero-order valence-corrected chi connectivity index (χ0v) is 13.6. The number of carbonyl (C=O) groups is 1. The summed E-state index contributed by atoms with van der Waals surface area (Å²) in [5.74, 6) is -0.0759. The van der Waals surface area contributed by atoms with Crippen molar-refractivity contribution in [3.05, 3.63) is 69.7 Å². The highest BCUT2D eigenvalue weighted by molar-refractivity contribution is 6.35. The van der Waals surface area contributed by atoms with Crippen molar-refractivity contribution >= 4 is 35.1 Å². The molecular formula is C17H13Cl2NO3. The Bertz CT molecular complexity index is 727. The van der Waals surface area contributed by atoms with Crippen molar-refractivity contribution in [3.63, 3.8) is 0 Å². The van der Waals surface area contributed by atoms with Gasteiger partial charge in [0.15, 0.2) is 6.04 Å². The lowest BCUT2D eigenvalue weighted by atomic mass is 10.2. The molecule has 2 aromatic rings. The number of rotatable bonds is 4. The second-order valence-electron chi connectivity index (χ2n) is 5.01. The molecule has 0 saturated heterocycles. The van der Waals surface area contributed by atoms with Crippen LogP contribution in [0.4, 0.5) is 0 Å². The fourth-order valence-corrected chi connectivity index (χ4v) is 2.68. The fraction of sp³-hybridized carbons (Fsp3) is 0.176. The summed E-state index contributed by atoms with van der Waals surface area (Å²) < 4.78 is 10.7. The summed E-state index contributed by atoms with van der Waals surface area (Å²) >= 11 is 11.9. The summed E-state index contributed by atoms with van der Waals surface area (Å²) in [6.07, 6.45) is 0. The first-order valence-electron chi connectivity index (χ1n) is 6.99. The summed E-state index contributed by atoms with van der Waals surface area (Å²) in [6, 6.07) is 13.8. The van der Waals surface area contributed by atoms with Crippen LogP contribution >= 0.6 is 23.2 Å². The normalized spacial score (nSPS) is 16.6. The van der Waals surface area contributed by atoms with Crippen LogP contribution in [0.1, 0.15) is 11.1 Å². The Hall–Kier alpha value is -2.04. The molecular weight excluding hydrogens is 337 g/mol. The topological polar surface area (TPSA) is 47.9 Å². The fourth-order valence-electron chi connectivity index (χ4n) is 2.15. The third kappa shape index (κ3) is 4.03. The molecule has 0 radical (unpaired) electrons. The SMILES string of the molecule is O=C(OCc1ccccc1)C1COC(c2cc(Cl)cc(Cl)c2)=N1. The maximum absolute atomic E-state index is 12.1. The van der Waals surface area contributed by atoms with Crippen molar-refractivity contribution in [2.24, 2.45) is 4.99 Å². The van der Waals surface area contributed by atoms with Gasteiger partial charge in [0, 0.05) is 15.6 Å². The van der Waals surface area contributed by atoms with Crippen LogP contribution < -0.4 is 0 Å². The molecule has 1 aliphatic heterocycles. The lowest BCUT2D eigenvalue weighted by Gasteiger charge is -2.06. The minimum Gasteiger partial charge on any atom is -0.475 e. The number of nitrogens with zero attached hydrogens (tertiary/aromatic N) is 1. The number of halogens is 2. The van der Waals surface area contributed by atoms with Crippen LogP contribution in [-0.2, 0) is 20.9 Å². The molecule has 0 N–H and O–H groups in total. The Morgan fingerprint density at radius 2 is 1.87 bits per heavy atom. The first kappa shape index (κ1) is 15.8. The van der Waals surface area contributed by atoms with Gasteiger partial charge in [0.05, 0.1) is 0 Å². The van der Waals surface area contributed by atoms with Crippen LogP contribution in [0.5, 0.6) is 0 Å². The molecule has 6 heteroatoms.